The van der Waals surface area contributed by atoms with E-state index in [-0.39, 0.29) is 11.8 Å². The van der Waals surface area contributed by atoms with Gasteiger partial charge in [0.2, 0.25) is 5.92 Å². The van der Waals surface area contributed by atoms with Crippen molar-refractivity contribution in [3.05, 3.63) is 0 Å². The van der Waals surface area contributed by atoms with Crippen molar-refractivity contribution >= 4 is 0 Å². The molecule has 0 aliphatic heterocycles. The maximum atomic E-state index is 13.3. The number of rotatable bonds is 9. The predicted molar refractivity (Wildman–Crippen MR) is 77.2 cm³/mol. The molecule has 0 aromatic carbocycles. The maximum absolute atomic E-state index is 13.3. The van der Waals surface area contributed by atoms with Gasteiger partial charge in [-0.3, -0.25) is 0 Å². The van der Waals surface area contributed by atoms with Gasteiger partial charge in [0.25, 0.3) is 0 Å². The molecule has 0 spiro atoms. The van der Waals surface area contributed by atoms with Gasteiger partial charge < -0.3 is 9.47 Å². The van der Waals surface area contributed by atoms with E-state index in [9.17, 15) is 8.78 Å². The number of hydrogen-bond donors (Lipinski definition) is 0. The Morgan fingerprint density at radius 3 is 2.20 bits per heavy atom. The molecule has 20 heavy (non-hydrogen) atoms. The summed E-state index contributed by atoms with van der Waals surface area (Å²) in [4.78, 5) is 0. The minimum Gasteiger partial charge on any atom is -0.384 e. The zero-order valence-electron chi connectivity index (χ0n) is 13.2. The number of halogens is 2. The molecule has 0 heterocycles. The quantitative estimate of drug-likeness (QED) is 0.615. The van der Waals surface area contributed by atoms with E-state index in [1.807, 2.05) is 6.92 Å². The summed E-state index contributed by atoms with van der Waals surface area (Å²) in [6.45, 7) is 4.64. The van der Waals surface area contributed by atoms with Gasteiger partial charge >= 0.3 is 0 Å². The summed E-state index contributed by atoms with van der Waals surface area (Å²) < 4.78 is 37.6. The van der Waals surface area contributed by atoms with Gasteiger partial charge in [0, 0.05) is 25.6 Å². The van der Waals surface area contributed by atoms with Crippen molar-refractivity contribution in [2.75, 3.05) is 26.9 Å². The minimum absolute atomic E-state index is 0.0834. The highest BCUT2D eigenvalue weighted by Crippen LogP contribution is 2.44. The molecule has 0 radical (unpaired) electrons. The third-order valence-electron chi connectivity index (χ3n) is 4.56. The van der Waals surface area contributed by atoms with Crippen molar-refractivity contribution in [3.63, 3.8) is 0 Å². The second-order valence-electron chi connectivity index (χ2n) is 6.34. The van der Waals surface area contributed by atoms with Gasteiger partial charge in [-0.25, -0.2) is 8.78 Å². The molecule has 2 nitrogen and oxygen atoms in total. The Morgan fingerprint density at radius 1 is 1.05 bits per heavy atom. The summed E-state index contributed by atoms with van der Waals surface area (Å²) in [5.41, 5.74) is -0.245. The highest BCUT2D eigenvalue weighted by atomic mass is 19.3. The van der Waals surface area contributed by atoms with E-state index in [1.165, 1.54) is 19.3 Å². The SMILES string of the molecule is CCOCC(CCC(C)(F)F)(COC)C1CCCCC1. The second-order valence-corrected chi connectivity index (χ2v) is 6.34. The molecule has 1 rings (SSSR count). The lowest BCUT2D eigenvalue weighted by atomic mass is 9.67. The first-order valence-corrected chi connectivity index (χ1v) is 7.88. The number of hydrogen-bond acceptors (Lipinski definition) is 2. The van der Waals surface area contributed by atoms with Crippen molar-refractivity contribution < 1.29 is 18.3 Å². The lowest BCUT2D eigenvalue weighted by molar-refractivity contribution is -0.0773. The van der Waals surface area contributed by atoms with Gasteiger partial charge in [-0.1, -0.05) is 19.3 Å². The lowest BCUT2D eigenvalue weighted by Crippen LogP contribution is -2.41. The molecule has 0 N–H and O–H groups in total. The van der Waals surface area contributed by atoms with E-state index in [2.05, 4.69) is 0 Å². The Bertz CT molecular complexity index is 260. The summed E-state index contributed by atoms with van der Waals surface area (Å²) in [7, 11) is 1.66. The molecular formula is C16H30F2O2. The topological polar surface area (TPSA) is 18.5 Å². The molecule has 0 amide bonds. The standard InChI is InChI=1S/C16H30F2O2/c1-4-20-13-16(12-19-3,11-10-15(2,17)18)14-8-6-5-7-9-14/h14H,4-13H2,1-3H3. The van der Waals surface area contributed by atoms with E-state index >= 15 is 0 Å². The monoisotopic (exact) mass is 292 g/mol. The first-order valence-electron chi connectivity index (χ1n) is 7.88. The second kappa shape index (κ2) is 8.28. The normalized spacial score (nSPS) is 20.9. The van der Waals surface area contributed by atoms with Crippen LogP contribution in [0, 0.1) is 11.3 Å². The van der Waals surface area contributed by atoms with Gasteiger partial charge in [0.15, 0.2) is 0 Å². The molecule has 1 atom stereocenters. The molecule has 1 aliphatic rings. The highest BCUT2D eigenvalue weighted by molar-refractivity contribution is 4.89. The predicted octanol–water partition coefficient (Wildman–Crippen LogP) is 4.67. The van der Waals surface area contributed by atoms with Crippen LogP contribution in [0.5, 0.6) is 0 Å². The van der Waals surface area contributed by atoms with Crippen LogP contribution in [0.4, 0.5) is 8.78 Å². The Morgan fingerprint density at radius 2 is 1.70 bits per heavy atom. The van der Waals surface area contributed by atoms with Crippen LogP contribution in [0.15, 0.2) is 0 Å². The third kappa shape index (κ3) is 5.65. The van der Waals surface area contributed by atoms with Gasteiger partial charge in [-0.15, -0.1) is 0 Å². The molecule has 0 saturated heterocycles. The Hall–Kier alpha value is -0.220. The Kier molecular flexibility index (Phi) is 7.38. The van der Waals surface area contributed by atoms with Crippen LogP contribution in [0.25, 0.3) is 0 Å². The van der Waals surface area contributed by atoms with Gasteiger partial charge in [0.05, 0.1) is 13.2 Å². The smallest absolute Gasteiger partial charge is 0.245 e. The molecule has 120 valence electrons. The molecular weight excluding hydrogens is 262 g/mol. The van der Waals surface area contributed by atoms with Gasteiger partial charge in [-0.2, -0.15) is 0 Å². The molecule has 1 fully saturated rings. The number of methoxy groups -OCH3 is 1. The van der Waals surface area contributed by atoms with Crippen molar-refractivity contribution in [2.45, 2.75) is 64.7 Å². The molecule has 0 bridgehead atoms. The lowest BCUT2D eigenvalue weighted by Gasteiger charge is -2.42. The summed E-state index contributed by atoms with van der Waals surface area (Å²) in [6, 6.07) is 0. The van der Waals surface area contributed by atoms with Crippen molar-refractivity contribution in [3.8, 4) is 0 Å². The highest BCUT2D eigenvalue weighted by Gasteiger charge is 2.41. The minimum atomic E-state index is -2.61. The summed E-state index contributed by atoms with van der Waals surface area (Å²) in [5, 5.41) is 0. The fourth-order valence-corrected chi connectivity index (χ4v) is 3.40. The number of ether oxygens (including phenoxy) is 2. The van der Waals surface area contributed by atoms with Crippen LogP contribution < -0.4 is 0 Å². The van der Waals surface area contributed by atoms with E-state index in [4.69, 9.17) is 9.47 Å². The summed E-state index contributed by atoms with van der Waals surface area (Å²) >= 11 is 0. The van der Waals surface area contributed by atoms with Crippen LogP contribution in [0.1, 0.15) is 58.8 Å². The van der Waals surface area contributed by atoms with Crippen LogP contribution in [-0.2, 0) is 9.47 Å². The maximum Gasteiger partial charge on any atom is 0.245 e. The van der Waals surface area contributed by atoms with Crippen molar-refractivity contribution in [2.24, 2.45) is 11.3 Å². The molecule has 1 saturated carbocycles. The molecule has 4 heteroatoms. The van der Waals surface area contributed by atoms with E-state index in [0.717, 1.165) is 19.8 Å². The van der Waals surface area contributed by atoms with Crippen LogP contribution >= 0.6 is 0 Å². The van der Waals surface area contributed by atoms with Crippen LogP contribution in [0.2, 0.25) is 0 Å². The Labute approximate surface area is 122 Å². The Balaban J connectivity index is 2.80. The zero-order chi connectivity index (χ0) is 15.1. The molecule has 0 aromatic rings. The van der Waals surface area contributed by atoms with Gasteiger partial charge in [-0.05, 0) is 39.0 Å². The third-order valence-corrected chi connectivity index (χ3v) is 4.56. The van der Waals surface area contributed by atoms with E-state index in [0.29, 0.717) is 32.2 Å². The van der Waals surface area contributed by atoms with Crippen molar-refractivity contribution in [1.29, 1.82) is 0 Å². The molecule has 1 aliphatic carbocycles. The van der Waals surface area contributed by atoms with Crippen molar-refractivity contribution in [1.82, 2.24) is 0 Å². The summed E-state index contributed by atoms with van der Waals surface area (Å²) in [6.07, 6.45) is 6.29. The van der Waals surface area contributed by atoms with E-state index in [1.54, 1.807) is 7.11 Å². The largest absolute Gasteiger partial charge is 0.384 e. The average molecular weight is 292 g/mol. The first kappa shape index (κ1) is 17.8. The molecule has 1 unspecified atom stereocenters. The zero-order valence-corrected chi connectivity index (χ0v) is 13.2. The summed E-state index contributed by atoms with van der Waals surface area (Å²) in [5.74, 6) is -2.16. The average Bonchev–Trinajstić information content (AvgIpc) is 2.42. The fourth-order valence-electron chi connectivity index (χ4n) is 3.40. The molecule has 0 aromatic heterocycles. The first-order chi connectivity index (χ1) is 9.43. The van der Waals surface area contributed by atoms with Gasteiger partial charge in [0.1, 0.15) is 0 Å². The van der Waals surface area contributed by atoms with E-state index < -0.39 is 5.92 Å². The fraction of sp³-hybridized carbons (Fsp3) is 1.00. The van der Waals surface area contributed by atoms with Crippen LogP contribution in [0.3, 0.4) is 0 Å². The number of alkyl halides is 2. The van der Waals surface area contributed by atoms with Crippen LogP contribution in [-0.4, -0.2) is 32.9 Å².